The van der Waals surface area contributed by atoms with E-state index in [4.69, 9.17) is 0 Å². The number of rotatable bonds is 3. The van der Waals surface area contributed by atoms with Crippen molar-refractivity contribution in [2.45, 2.75) is 20.3 Å². The summed E-state index contributed by atoms with van der Waals surface area (Å²) in [4.78, 5) is 11.1. The predicted molar refractivity (Wildman–Crippen MR) is 98.4 cm³/mol. The van der Waals surface area contributed by atoms with Gasteiger partial charge in [0.25, 0.3) is 0 Å². The van der Waals surface area contributed by atoms with Crippen LogP contribution >= 0.6 is 0 Å². The summed E-state index contributed by atoms with van der Waals surface area (Å²) in [5, 5.41) is 3.41. The number of nitrogens with zero attached hydrogens (tertiary/aromatic N) is 3. The number of hydrogen-bond acceptors (Lipinski definition) is 4. The summed E-state index contributed by atoms with van der Waals surface area (Å²) in [7, 11) is 0. The lowest BCUT2D eigenvalue weighted by Gasteiger charge is -2.19. The van der Waals surface area contributed by atoms with Crippen LogP contribution in [0.3, 0.4) is 0 Å². The van der Waals surface area contributed by atoms with E-state index < -0.39 is 0 Å². The Morgan fingerprint density at radius 1 is 1.00 bits per heavy atom. The van der Waals surface area contributed by atoms with E-state index in [0.29, 0.717) is 0 Å². The van der Waals surface area contributed by atoms with Crippen molar-refractivity contribution in [3.05, 3.63) is 71.5 Å². The number of para-hydroxylation sites is 1. The van der Waals surface area contributed by atoms with Gasteiger partial charge in [-0.05, 0) is 43.5 Å². The molecule has 0 unspecified atom stereocenters. The van der Waals surface area contributed by atoms with Crippen LogP contribution in [0.25, 0.3) is 0 Å². The van der Waals surface area contributed by atoms with Gasteiger partial charge in [0.1, 0.15) is 18.0 Å². The Balaban J connectivity index is 1.63. The minimum absolute atomic E-state index is 0.816. The number of aryl methyl sites for hydroxylation is 2. The molecule has 1 aromatic heterocycles. The molecular weight excluding hydrogens is 296 g/mol. The summed E-state index contributed by atoms with van der Waals surface area (Å²) >= 11 is 0. The first-order chi connectivity index (χ1) is 11.7. The smallest absolute Gasteiger partial charge is 0.138 e. The Morgan fingerprint density at radius 2 is 1.88 bits per heavy atom. The molecule has 0 saturated carbocycles. The monoisotopic (exact) mass is 316 g/mol. The van der Waals surface area contributed by atoms with E-state index in [-0.39, 0.29) is 0 Å². The second kappa shape index (κ2) is 5.96. The number of benzene rings is 2. The van der Waals surface area contributed by atoms with Crippen LogP contribution in [-0.4, -0.2) is 16.5 Å². The van der Waals surface area contributed by atoms with Crippen molar-refractivity contribution in [1.29, 1.82) is 0 Å². The average Bonchev–Trinajstić information content (AvgIpc) is 3.02. The molecule has 1 aliphatic rings. The second-order valence-electron chi connectivity index (χ2n) is 6.24. The zero-order valence-corrected chi connectivity index (χ0v) is 14.0. The average molecular weight is 316 g/mol. The van der Waals surface area contributed by atoms with Gasteiger partial charge in [0.2, 0.25) is 0 Å². The largest absolute Gasteiger partial charge is 0.340 e. The molecule has 4 rings (SSSR count). The maximum Gasteiger partial charge on any atom is 0.138 e. The summed E-state index contributed by atoms with van der Waals surface area (Å²) in [5.74, 6) is 1.75. The van der Waals surface area contributed by atoms with Crippen molar-refractivity contribution >= 4 is 23.0 Å². The van der Waals surface area contributed by atoms with E-state index in [2.05, 4.69) is 76.5 Å². The summed E-state index contributed by atoms with van der Waals surface area (Å²) in [6, 6.07) is 16.9. The minimum atomic E-state index is 0.816. The highest BCUT2D eigenvalue weighted by molar-refractivity contribution is 5.70. The number of aromatic nitrogens is 2. The van der Waals surface area contributed by atoms with Gasteiger partial charge in [0.15, 0.2) is 0 Å². The van der Waals surface area contributed by atoms with Gasteiger partial charge in [-0.3, -0.25) is 0 Å². The molecule has 3 aromatic rings. The highest BCUT2D eigenvalue weighted by Gasteiger charge is 2.21. The van der Waals surface area contributed by atoms with Gasteiger partial charge in [-0.2, -0.15) is 0 Å². The van der Waals surface area contributed by atoms with E-state index >= 15 is 0 Å². The number of hydrogen-bond donors (Lipinski definition) is 1. The molecule has 1 aliphatic heterocycles. The molecule has 0 amide bonds. The molecule has 4 nitrogen and oxygen atoms in total. The fraction of sp³-hybridized carbons (Fsp3) is 0.200. The Bertz CT molecular complexity index is 888. The van der Waals surface area contributed by atoms with Gasteiger partial charge >= 0.3 is 0 Å². The lowest BCUT2D eigenvalue weighted by Crippen LogP contribution is -2.15. The van der Waals surface area contributed by atoms with Gasteiger partial charge < -0.3 is 10.2 Å². The Morgan fingerprint density at radius 3 is 2.75 bits per heavy atom. The SMILES string of the molecule is Cc1ccc(Nc2cc(N3CCc4ccccc43)ncn2)c(C)c1. The van der Waals surface area contributed by atoms with Crippen molar-refractivity contribution in [1.82, 2.24) is 9.97 Å². The molecule has 0 aliphatic carbocycles. The first-order valence-corrected chi connectivity index (χ1v) is 8.22. The molecule has 0 fully saturated rings. The fourth-order valence-electron chi connectivity index (χ4n) is 3.23. The number of fused-ring (bicyclic) bond motifs is 1. The molecule has 2 aromatic carbocycles. The Labute approximate surface area is 142 Å². The van der Waals surface area contributed by atoms with Crippen molar-refractivity contribution < 1.29 is 0 Å². The third-order valence-corrected chi connectivity index (χ3v) is 4.46. The topological polar surface area (TPSA) is 41.0 Å². The zero-order chi connectivity index (χ0) is 16.5. The third kappa shape index (κ3) is 2.71. The summed E-state index contributed by atoms with van der Waals surface area (Å²) < 4.78 is 0. The van der Waals surface area contributed by atoms with Crippen LogP contribution in [0.15, 0.2) is 54.9 Å². The summed E-state index contributed by atoms with van der Waals surface area (Å²) in [6.07, 6.45) is 2.68. The number of anilines is 4. The van der Waals surface area contributed by atoms with E-state index in [1.807, 2.05) is 6.07 Å². The molecule has 0 radical (unpaired) electrons. The van der Waals surface area contributed by atoms with Gasteiger partial charge in [-0.1, -0.05) is 35.9 Å². The molecule has 0 saturated heterocycles. The van der Waals surface area contributed by atoms with E-state index in [1.54, 1.807) is 6.33 Å². The van der Waals surface area contributed by atoms with Crippen LogP contribution < -0.4 is 10.2 Å². The summed E-state index contributed by atoms with van der Waals surface area (Å²) in [6.45, 7) is 5.16. The van der Waals surface area contributed by atoms with Crippen molar-refractivity contribution in [3.8, 4) is 0 Å². The van der Waals surface area contributed by atoms with Gasteiger partial charge in [0, 0.05) is 24.0 Å². The van der Waals surface area contributed by atoms with Crippen LogP contribution in [0.4, 0.5) is 23.0 Å². The molecule has 1 N–H and O–H groups in total. The van der Waals surface area contributed by atoms with E-state index in [1.165, 1.54) is 22.4 Å². The summed E-state index contributed by atoms with van der Waals surface area (Å²) in [5.41, 5.74) is 6.16. The van der Waals surface area contributed by atoms with E-state index in [9.17, 15) is 0 Å². The van der Waals surface area contributed by atoms with Crippen molar-refractivity contribution in [3.63, 3.8) is 0 Å². The predicted octanol–water partition coefficient (Wildman–Crippen LogP) is 4.53. The molecule has 0 atom stereocenters. The van der Waals surface area contributed by atoms with Crippen molar-refractivity contribution in [2.75, 3.05) is 16.8 Å². The van der Waals surface area contributed by atoms with Crippen molar-refractivity contribution in [2.24, 2.45) is 0 Å². The molecule has 120 valence electrons. The Hall–Kier alpha value is -2.88. The van der Waals surface area contributed by atoms with Crippen LogP contribution in [0, 0.1) is 13.8 Å². The van der Waals surface area contributed by atoms with Crippen LogP contribution in [-0.2, 0) is 6.42 Å². The number of nitrogens with one attached hydrogen (secondary N) is 1. The highest BCUT2D eigenvalue weighted by Crippen LogP contribution is 2.34. The van der Waals surface area contributed by atoms with Gasteiger partial charge in [0.05, 0.1) is 0 Å². The molecular formula is C20H20N4. The first kappa shape index (κ1) is 14.7. The lowest BCUT2D eigenvalue weighted by atomic mass is 10.1. The fourth-order valence-corrected chi connectivity index (χ4v) is 3.23. The van der Waals surface area contributed by atoms with Gasteiger partial charge in [-0.25, -0.2) is 9.97 Å². The maximum atomic E-state index is 4.47. The minimum Gasteiger partial charge on any atom is -0.340 e. The zero-order valence-electron chi connectivity index (χ0n) is 14.0. The first-order valence-electron chi connectivity index (χ1n) is 8.22. The molecule has 0 spiro atoms. The van der Waals surface area contributed by atoms with E-state index in [0.717, 1.165) is 30.3 Å². The maximum absolute atomic E-state index is 4.47. The van der Waals surface area contributed by atoms with Gasteiger partial charge in [-0.15, -0.1) is 0 Å². The highest BCUT2D eigenvalue weighted by atomic mass is 15.2. The van der Waals surface area contributed by atoms with Crippen LogP contribution in [0.1, 0.15) is 16.7 Å². The molecule has 2 heterocycles. The van der Waals surface area contributed by atoms with Crippen LogP contribution in [0.5, 0.6) is 0 Å². The standard InChI is InChI=1S/C20H20N4/c1-14-7-8-17(15(2)11-14)23-19-12-20(22-13-21-19)24-10-9-16-5-3-4-6-18(16)24/h3-8,11-13H,9-10H2,1-2H3,(H,21,22,23). The molecule has 24 heavy (non-hydrogen) atoms. The molecule has 0 bridgehead atoms. The normalized spacial score (nSPS) is 13.0. The third-order valence-electron chi connectivity index (χ3n) is 4.46. The Kier molecular flexibility index (Phi) is 3.65. The second-order valence-corrected chi connectivity index (χ2v) is 6.24. The molecule has 4 heteroatoms. The lowest BCUT2D eigenvalue weighted by molar-refractivity contribution is 0.965. The van der Waals surface area contributed by atoms with Crippen LogP contribution in [0.2, 0.25) is 0 Å². The quantitative estimate of drug-likeness (QED) is 0.770.